The number of para-hydroxylation sites is 1. The Labute approximate surface area is 145 Å². The van der Waals surface area contributed by atoms with Gasteiger partial charge in [0.2, 0.25) is 5.91 Å². The number of aryl methyl sites for hydroxylation is 2. The van der Waals surface area contributed by atoms with Crippen molar-refractivity contribution in [2.24, 2.45) is 0 Å². The van der Waals surface area contributed by atoms with Gasteiger partial charge in [0.25, 0.3) is 0 Å². The summed E-state index contributed by atoms with van der Waals surface area (Å²) in [5.41, 5.74) is 5.38. The van der Waals surface area contributed by atoms with Crippen molar-refractivity contribution in [1.82, 2.24) is 4.98 Å². The molecule has 4 heteroatoms. The summed E-state index contributed by atoms with van der Waals surface area (Å²) in [6.07, 6.45) is 1.94. The van der Waals surface area contributed by atoms with Gasteiger partial charge in [-0.1, -0.05) is 29.8 Å². The lowest BCUT2D eigenvalue weighted by molar-refractivity contribution is -0.115. The van der Waals surface area contributed by atoms with Gasteiger partial charge in [-0.2, -0.15) is 0 Å². The highest BCUT2D eigenvalue weighted by Crippen LogP contribution is 2.25. The highest BCUT2D eigenvalue weighted by molar-refractivity contribution is 6.02. The first-order valence-corrected chi connectivity index (χ1v) is 8.23. The third-order valence-electron chi connectivity index (χ3n) is 4.28. The lowest BCUT2D eigenvalue weighted by atomic mass is 10.1. The molecule has 4 rings (SSSR count). The number of fused-ring (bicyclic) bond motifs is 2. The van der Waals surface area contributed by atoms with Gasteiger partial charge in [0.05, 0.1) is 23.9 Å². The zero-order valence-electron chi connectivity index (χ0n) is 14.2. The molecule has 0 atom stereocenters. The number of carbonyl (C=O) groups is 1. The summed E-state index contributed by atoms with van der Waals surface area (Å²) in [5, 5.41) is 4.95. The number of aromatic nitrogens is 1. The van der Waals surface area contributed by atoms with Crippen LogP contribution in [0.25, 0.3) is 21.9 Å². The zero-order chi connectivity index (χ0) is 17.4. The molecule has 0 spiro atoms. The van der Waals surface area contributed by atoms with Gasteiger partial charge >= 0.3 is 0 Å². The van der Waals surface area contributed by atoms with Crippen molar-refractivity contribution in [3.05, 3.63) is 71.6 Å². The maximum Gasteiger partial charge on any atom is 0.228 e. The van der Waals surface area contributed by atoms with Crippen LogP contribution in [-0.4, -0.2) is 10.9 Å². The van der Waals surface area contributed by atoms with Crippen molar-refractivity contribution in [2.75, 3.05) is 5.32 Å². The summed E-state index contributed by atoms with van der Waals surface area (Å²) < 4.78 is 5.55. The lowest BCUT2D eigenvalue weighted by Gasteiger charge is -2.09. The molecule has 0 aliphatic rings. The van der Waals surface area contributed by atoms with Gasteiger partial charge in [-0.3, -0.25) is 9.78 Å². The van der Waals surface area contributed by atoms with E-state index in [-0.39, 0.29) is 12.3 Å². The summed E-state index contributed by atoms with van der Waals surface area (Å²) in [4.78, 5) is 17.1. The number of rotatable bonds is 3. The van der Waals surface area contributed by atoms with Crippen LogP contribution in [0.3, 0.4) is 0 Å². The van der Waals surface area contributed by atoms with E-state index in [4.69, 9.17) is 4.42 Å². The number of hydrogen-bond acceptors (Lipinski definition) is 3. The van der Waals surface area contributed by atoms with E-state index in [0.717, 1.165) is 44.4 Å². The molecule has 2 aromatic heterocycles. The molecular formula is C21H18N2O2. The number of benzene rings is 2. The predicted octanol–water partition coefficient (Wildman–Crippen LogP) is 4.78. The molecule has 25 heavy (non-hydrogen) atoms. The molecule has 124 valence electrons. The van der Waals surface area contributed by atoms with E-state index in [9.17, 15) is 4.79 Å². The lowest BCUT2D eigenvalue weighted by Crippen LogP contribution is -2.14. The number of furan rings is 1. The minimum absolute atomic E-state index is 0.0695. The van der Waals surface area contributed by atoms with Gasteiger partial charge in [0, 0.05) is 22.0 Å². The summed E-state index contributed by atoms with van der Waals surface area (Å²) in [7, 11) is 0. The van der Waals surface area contributed by atoms with Crippen LogP contribution >= 0.6 is 0 Å². The SMILES string of the molecule is Cc1ccc2occ(CC(=O)Nc3cc(C)nc4ccccc34)c2c1. The number of amides is 1. The minimum atomic E-state index is -0.0695. The van der Waals surface area contributed by atoms with Crippen molar-refractivity contribution in [1.29, 1.82) is 0 Å². The maximum atomic E-state index is 12.6. The van der Waals surface area contributed by atoms with Crippen molar-refractivity contribution < 1.29 is 9.21 Å². The van der Waals surface area contributed by atoms with E-state index >= 15 is 0 Å². The van der Waals surface area contributed by atoms with E-state index in [1.54, 1.807) is 6.26 Å². The average molecular weight is 330 g/mol. The zero-order valence-corrected chi connectivity index (χ0v) is 14.2. The molecule has 0 unspecified atom stereocenters. The van der Waals surface area contributed by atoms with Gasteiger partial charge in [0.15, 0.2) is 0 Å². The predicted molar refractivity (Wildman–Crippen MR) is 99.8 cm³/mol. The molecule has 0 fully saturated rings. The molecule has 4 aromatic rings. The molecule has 0 aliphatic heterocycles. The second-order valence-corrected chi connectivity index (χ2v) is 6.31. The highest BCUT2D eigenvalue weighted by Gasteiger charge is 2.12. The Hall–Kier alpha value is -3.14. The largest absolute Gasteiger partial charge is 0.464 e. The van der Waals surface area contributed by atoms with E-state index in [1.165, 1.54) is 0 Å². The van der Waals surface area contributed by atoms with Crippen molar-refractivity contribution >= 4 is 33.5 Å². The van der Waals surface area contributed by atoms with E-state index in [2.05, 4.69) is 10.3 Å². The van der Waals surface area contributed by atoms with Gasteiger partial charge in [-0.05, 0) is 38.1 Å². The Morgan fingerprint density at radius 2 is 1.92 bits per heavy atom. The van der Waals surface area contributed by atoms with Crippen LogP contribution in [0, 0.1) is 13.8 Å². The van der Waals surface area contributed by atoms with Crippen molar-refractivity contribution in [3.8, 4) is 0 Å². The van der Waals surface area contributed by atoms with Gasteiger partial charge in [-0.15, -0.1) is 0 Å². The summed E-state index contributed by atoms with van der Waals surface area (Å²) >= 11 is 0. The second kappa shape index (κ2) is 6.06. The molecule has 1 N–H and O–H groups in total. The monoisotopic (exact) mass is 330 g/mol. The van der Waals surface area contributed by atoms with Crippen LogP contribution in [-0.2, 0) is 11.2 Å². The summed E-state index contributed by atoms with van der Waals surface area (Å²) in [6, 6.07) is 15.7. The Kier molecular flexibility index (Phi) is 3.73. The smallest absolute Gasteiger partial charge is 0.228 e. The van der Waals surface area contributed by atoms with E-state index in [1.807, 2.05) is 62.4 Å². The van der Waals surface area contributed by atoms with Crippen LogP contribution < -0.4 is 5.32 Å². The standard InChI is InChI=1S/C21H18N2O2/c1-13-7-8-20-17(9-13)15(12-25-20)11-21(24)23-19-10-14(2)22-18-6-4-3-5-16(18)19/h3-10,12H,11H2,1-2H3,(H,22,23,24). The van der Waals surface area contributed by atoms with Crippen LogP contribution in [0.4, 0.5) is 5.69 Å². The number of anilines is 1. The van der Waals surface area contributed by atoms with Gasteiger partial charge < -0.3 is 9.73 Å². The van der Waals surface area contributed by atoms with Crippen LogP contribution in [0.15, 0.2) is 59.2 Å². The number of carbonyl (C=O) groups excluding carboxylic acids is 1. The van der Waals surface area contributed by atoms with Gasteiger partial charge in [0.1, 0.15) is 5.58 Å². The fourth-order valence-electron chi connectivity index (χ4n) is 3.11. The molecule has 0 aliphatic carbocycles. The molecule has 0 radical (unpaired) electrons. The number of nitrogens with one attached hydrogen (secondary N) is 1. The molecule has 0 bridgehead atoms. The topological polar surface area (TPSA) is 55.1 Å². The van der Waals surface area contributed by atoms with E-state index < -0.39 is 0 Å². The molecule has 0 saturated heterocycles. The quantitative estimate of drug-likeness (QED) is 0.588. The maximum absolute atomic E-state index is 12.6. The molecule has 4 nitrogen and oxygen atoms in total. The van der Waals surface area contributed by atoms with E-state index in [0.29, 0.717) is 0 Å². The third kappa shape index (κ3) is 2.98. The number of pyridine rings is 1. The Bertz CT molecular complexity index is 1100. The number of nitrogens with zero attached hydrogens (tertiary/aromatic N) is 1. The average Bonchev–Trinajstić information content (AvgIpc) is 2.96. The molecule has 2 heterocycles. The van der Waals surface area contributed by atoms with Crippen molar-refractivity contribution in [2.45, 2.75) is 20.3 Å². The van der Waals surface area contributed by atoms with Crippen LogP contribution in [0.5, 0.6) is 0 Å². The summed E-state index contributed by atoms with van der Waals surface area (Å²) in [5.74, 6) is -0.0695. The Morgan fingerprint density at radius 1 is 1.08 bits per heavy atom. The van der Waals surface area contributed by atoms with Crippen LogP contribution in [0.1, 0.15) is 16.8 Å². The fraction of sp³-hybridized carbons (Fsp3) is 0.143. The van der Waals surface area contributed by atoms with Crippen molar-refractivity contribution in [3.63, 3.8) is 0 Å². The minimum Gasteiger partial charge on any atom is -0.464 e. The van der Waals surface area contributed by atoms with Gasteiger partial charge in [-0.25, -0.2) is 0 Å². The first-order chi connectivity index (χ1) is 12.1. The molecule has 0 saturated carbocycles. The third-order valence-corrected chi connectivity index (χ3v) is 4.28. The van der Waals surface area contributed by atoms with Crippen LogP contribution in [0.2, 0.25) is 0 Å². The second-order valence-electron chi connectivity index (χ2n) is 6.31. The fourth-order valence-corrected chi connectivity index (χ4v) is 3.11. The normalized spacial score (nSPS) is 11.1. The first-order valence-electron chi connectivity index (χ1n) is 8.23. The molecular weight excluding hydrogens is 312 g/mol. The Morgan fingerprint density at radius 3 is 2.80 bits per heavy atom. The Balaban J connectivity index is 1.63. The summed E-state index contributed by atoms with van der Waals surface area (Å²) in [6.45, 7) is 3.95. The molecule has 2 aromatic carbocycles. The highest BCUT2D eigenvalue weighted by atomic mass is 16.3. The molecule has 1 amide bonds. The first kappa shape index (κ1) is 15.4. The number of hydrogen-bond donors (Lipinski definition) is 1.